The second-order valence-corrected chi connectivity index (χ2v) is 7.93. The zero-order valence-electron chi connectivity index (χ0n) is 17.0. The van der Waals surface area contributed by atoms with E-state index >= 15 is 0 Å². The lowest BCUT2D eigenvalue weighted by atomic mass is 10.1. The Morgan fingerprint density at radius 1 is 1.21 bits per heavy atom. The summed E-state index contributed by atoms with van der Waals surface area (Å²) in [6.07, 6.45) is -0.756. The van der Waals surface area contributed by atoms with Crippen LogP contribution in [-0.4, -0.2) is 64.8 Å². The summed E-state index contributed by atoms with van der Waals surface area (Å²) in [6, 6.07) is 7.93. The van der Waals surface area contributed by atoms with Crippen molar-refractivity contribution >= 4 is 35.1 Å². The van der Waals surface area contributed by atoms with Gasteiger partial charge in [0.1, 0.15) is 5.02 Å². The lowest BCUT2D eigenvalue weighted by Crippen LogP contribution is -2.49. The summed E-state index contributed by atoms with van der Waals surface area (Å²) in [5, 5.41) is 22.9. The Balaban J connectivity index is 1.33. The average molecular weight is 476 g/mol. The number of amides is 2. The van der Waals surface area contributed by atoms with Gasteiger partial charge in [0.2, 0.25) is 0 Å². The number of carbonyl (C=O) groups excluding carboxylic acids is 2. The lowest BCUT2D eigenvalue weighted by Gasteiger charge is -2.32. The average Bonchev–Trinajstić information content (AvgIpc) is 3.08. The van der Waals surface area contributed by atoms with Gasteiger partial charge < -0.3 is 24.8 Å². The van der Waals surface area contributed by atoms with Gasteiger partial charge in [-0.3, -0.25) is 19.7 Å². The van der Waals surface area contributed by atoms with Crippen LogP contribution in [0.5, 0.6) is 0 Å². The molecule has 2 aromatic rings. The second-order valence-electron chi connectivity index (χ2n) is 7.52. The Labute approximate surface area is 192 Å². The van der Waals surface area contributed by atoms with Gasteiger partial charge in [0, 0.05) is 18.2 Å². The Morgan fingerprint density at radius 3 is 2.52 bits per heavy atom. The van der Waals surface area contributed by atoms with Gasteiger partial charge in [-0.05, 0) is 23.8 Å². The van der Waals surface area contributed by atoms with E-state index in [1.54, 1.807) is 6.07 Å². The molecule has 2 aliphatic rings. The molecule has 0 atom stereocenters. The van der Waals surface area contributed by atoms with Gasteiger partial charge in [0.25, 0.3) is 17.5 Å². The third kappa shape index (κ3) is 4.65. The van der Waals surface area contributed by atoms with Crippen LogP contribution in [0.3, 0.4) is 0 Å². The number of halogens is 1. The molecule has 2 heterocycles. The van der Waals surface area contributed by atoms with E-state index in [0.717, 1.165) is 0 Å². The van der Waals surface area contributed by atoms with Gasteiger partial charge in [-0.1, -0.05) is 23.7 Å². The van der Waals surface area contributed by atoms with Crippen molar-refractivity contribution in [3.05, 3.63) is 73.8 Å². The van der Waals surface area contributed by atoms with Gasteiger partial charge in [0.05, 0.1) is 41.9 Å². The normalized spacial score (nSPS) is 19.8. The molecule has 172 valence electrons. The number of nitro benzene ring substituents is 1. The van der Waals surface area contributed by atoms with Crippen LogP contribution in [0, 0.1) is 10.1 Å². The summed E-state index contributed by atoms with van der Waals surface area (Å²) < 4.78 is 11.2. The highest BCUT2D eigenvalue weighted by atomic mass is 35.5. The summed E-state index contributed by atoms with van der Waals surface area (Å²) in [4.78, 5) is 48.3. The van der Waals surface area contributed by atoms with E-state index in [2.05, 4.69) is 5.32 Å². The number of hydrogen-bond donors (Lipinski definition) is 2. The molecule has 2 aromatic carbocycles. The smallest absolute Gasteiger partial charge is 0.336 e. The fraction of sp³-hybridized carbons (Fsp3) is 0.286. The summed E-state index contributed by atoms with van der Waals surface area (Å²) in [5.41, 5.74) is 0.439. The second kappa shape index (κ2) is 9.14. The highest BCUT2D eigenvalue weighted by Crippen LogP contribution is 2.33. The Kier molecular flexibility index (Phi) is 6.27. The van der Waals surface area contributed by atoms with E-state index in [4.69, 9.17) is 21.1 Å². The van der Waals surface area contributed by atoms with E-state index in [0.29, 0.717) is 11.1 Å². The molecule has 11 nitrogen and oxygen atoms in total. The van der Waals surface area contributed by atoms with Crippen LogP contribution in [-0.2, 0) is 16.0 Å². The van der Waals surface area contributed by atoms with Crippen molar-refractivity contribution in [3.8, 4) is 0 Å². The molecular weight excluding hydrogens is 458 g/mol. The van der Waals surface area contributed by atoms with Crippen molar-refractivity contribution in [1.82, 2.24) is 10.2 Å². The van der Waals surface area contributed by atoms with Gasteiger partial charge in [0.15, 0.2) is 6.29 Å². The molecule has 1 saturated heterocycles. The van der Waals surface area contributed by atoms with Crippen molar-refractivity contribution in [2.24, 2.45) is 0 Å². The zero-order valence-corrected chi connectivity index (χ0v) is 17.8. The van der Waals surface area contributed by atoms with Crippen LogP contribution in [0.2, 0.25) is 5.02 Å². The first-order valence-corrected chi connectivity index (χ1v) is 10.2. The fourth-order valence-electron chi connectivity index (χ4n) is 3.71. The number of ether oxygens (including phenoxy) is 2. The molecule has 2 N–H and O–H groups in total. The number of nitrogens with zero attached hydrogens (tertiary/aromatic N) is 2. The van der Waals surface area contributed by atoms with Gasteiger partial charge in [-0.15, -0.1) is 0 Å². The summed E-state index contributed by atoms with van der Waals surface area (Å²) >= 11 is 5.91. The summed E-state index contributed by atoms with van der Waals surface area (Å²) in [6.45, 7) is 0.429. The number of aromatic carboxylic acids is 1. The van der Waals surface area contributed by atoms with E-state index in [1.807, 2.05) is 0 Å². The van der Waals surface area contributed by atoms with Crippen molar-refractivity contribution in [2.45, 2.75) is 18.9 Å². The first-order chi connectivity index (χ1) is 15.7. The Hall–Kier alpha value is -3.54. The van der Waals surface area contributed by atoms with Crippen LogP contribution >= 0.6 is 11.6 Å². The molecule has 0 bridgehead atoms. The van der Waals surface area contributed by atoms with Gasteiger partial charge >= 0.3 is 5.97 Å². The van der Waals surface area contributed by atoms with E-state index in [9.17, 15) is 29.6 Å². The van der Waals surface area contributed by atoms with Crippen LogP contribution in [0.4, 0.5) is 5.69 Å². The molecule has 1 fully saturated rings. The van der Waals surface area contributed by atoms with Crippen molar-refractivity contribution < 1.29 is 33.9 Å². The highest BCUT2D eigenvalue weighted by Gasteiger charge is 2.34. The van der Waals surface area contributed by atoms with Crippen molar-refractivity contribution in [3.63, 3.8) is 0 Å². The molecule has 4 rings (SSSR count). The maximum Gasteiger partial charge on any atom is 0.336 e. The molecule has 0 saturated carbocycles. The zero-order chi connectivity index (χ0) is 23.7. The third-order valence-corrected chi connectivity index (χ3v) is 5.62. The molecule has 0 aromatic heterocycles. The van der Waals surface area contributed by atoms with Gasteiger partial charge in [-0.2, -0.15) is 0 Å². The monoisotopic (exact) mass is 475 g/mol. The number of rotatable bonds is 6. The first kappa shape index (κ1) is 22.6. The molecule has 0 spiro atoms. The number of carbonyl (C=O) groups is 3. The molecule has 0 aliphatic carbocycles. The van der Waals surface area contributed by atoms with Crippen LogP contribution in [0.1, 0.15) is 36.6 Å². The highest BCUT2D eigenvalue weighted by molar-refractivity contribution is 6.33. The first-order valence-electron chi connectivity index (χ1n) is 9.87. The summed E-state index contributed by atoms with van der Waals surface area (Å²) in [7, 11) is 0. The number of nitro groups is 1. The molecule has 33 heavy (non-hydrogen) atoms. The SMILES string of the molecule is O=C(O)c1ccccc1C(=O)NC1COC(CN2Cc3cc([N+](=O)[O-])c(Cl)cc3C2=O)OC1. The van der Waals surface area contributed by atoms with E-state index < -0.39 is 29.1 Å². The Morgan fingerprint density at radius 2 is 1.88 bits per heavy atom. The van der Waals surface area contributed by atoms with Crippen molar-refractivity contribution in [1.29, 1.82) is 0 Å². The number of fused-ring (bicyclic) bond motifs is 1. The quantitative estimate of drug-likeness (QED) is 0.476. The van der Waals surface area contributed by atoms with Gasteiger partial charge in [-0.25, -0.2) is 4.79 Å². The minimum Gasteiger partial charge on any atom is -0.478 e. The maximum atomic E-state index is 12.6. The largest absolute Gasteiger partial charge is 0.478 e. The standard InChI is InChI=1S/C21H18ClN3O8/c22-16-6-15-11(5-17(16)25(30)31)7-24(20(15)27)8-18-32-9-12(10-33-18)23-19(26)13-3-1-2-4-14(13)21(28)29/h1-6,12,18H,7-10H2,(H,23,26)(H,28,29). The van der Waals surface area contributed by atoms with E-state index in [1.165, 1.54) is 35.2 Å². The number of nitrogens with one attached hydrogen (secondary N) is 1. The minimum atomic E-state index is -1.21. The molecular formula is C21H18ClN3O8. The number of carboxylic acids is 1. The third-order valence-electron chi connectivity index (χ3n) is 5.32. The van der Waals surface area contributed by atoms with Crippen LogP contribution in [0.25, 0.3) is 0 Å². The maximum absolute atomic E-state index is 12.6. The van der Waals surface area contributed by atoms with Crippen molar-refractivity contribution in [2.75, 3.05) is 19.8 Å². The van der Waals surface area contributed by atoms with E-state index in [-0.39, 0.29) is 54.0 Å². The fourth-order valence-corrected chi connectivity index (χ4v) is 3.95. The molecule has 2 amide bonds. The molecule has 12 heteroatoms. The number of benzene rings is 2. The van der Waals surface area contributed by atoms with Crippen LogP contribution < -0.4 is 5.32 Å². The molecule has 2 aliphatic heterocycles. The summed E-state index contributed by atoms with van der Waals surface area (Å²) in [5.74, 6) is -2.11. The number of carboxylic acid groups (broad SMARTS) is 1. The lowest BCUT2D eigenvalue weighted by molar-refractivity contribution is -0.384. The number of hydrogen-bond acceptors (Lipinski definition) is 7. The predicted octanol–water partition coefficient (Wildman–Crippen LogP) is 2.07. The molecule has 0 radical (unpaired) electrons. The molecule has 0 unspecified atom stereocenters. The van der Waals surface area contributed by atoms with Crippen LogP contribution in [0.15, 0.2) is 36.4 Å². The minimum absolute atomic E-state index is 0.0281. The predicted molar refractivity (Wildman–Crippen MR) is 113 cm³/mol. The Bertz CT molecular complexity index is 1150. The topological polar surface area (TPSA) is 148 Å².